The molecule has 1 atom stereocenters. The van der Waals surface area contributed by atoms with Gasteiger partial charge in [0.2, 0.25) is 0 Å². The number of piperazine rings is 1. The van der Waals surface area contributed by atoms with Crippen LogP contribution < -0.4 is 9.64 Å². The van der Waals surface area contributed by atoms with Gasteiger partial charge in [0, 0.05) is 43.9 Å². The monoisotopic (exact) mass is 426 g/mol. The van der Waals surface area contributed by atoms with Gasteiger partial charge in [0.05, 0.1) is 0 Å². The van der Waals surface area contributed by atoms with Crippen LogP contribution in [0, 0.1) is 20.8 Å². The fraction of sp³-hybridized carbons (Fsp3) is 0.458. The number of amides is 1. The van der Waals surface area contributed by atoms with Crippen LogP contribution in [0.2, 0.25) is 0 Å². The number of carbonyl (C=O) groups excluding carboxylic acids is 1. The van der Waals surface area contributed by atoms with Crippen LogP contribution in [0.4, 0.5) is 10.5 Å². The number of ether oxygens (including phenoxy) is 1. The zero-order valence-electron chi connectivity index (χ0n) is 18.2. The molecule has 1 amide bonds. The van der Waals surface area contributed by atoms with Gasteiger partial charge in [-0.2, -0.15) is 0 Å². The smallest absolute Gasteiger partial charge is 0.285 e. The third-order valence-electron chi connectivity index (χ3n) is 6.45. The Kier molecular flexibility index (Phi) is 5.62. The molecule has 4 rings (SSSR count). The molecule has 2 aromatic carbocycles. The van der Waals surface area contributed by atoms with Crippen molar-refractivity contribution in [1.82, 2.24) is 4.90 Å². The number of phenolic OH excluding ortho intramolecular Hbond substituents is 1. The average Bonchev–Trinajstić information content (AvgIpc) is 2.76. The van der Waals surface area contributed by atoms with Gasteiger partial charge in [0.25, 0.3) is 5.24 Å². The number of carbonyl (C=O) groups is 1. The molecule has 0 aliphatic carbocycles. The van der Waals surface area contributed by atoms with E-state index >= 15 is 0 Å². The van der Waals surface area contributed by atoms with Crippen molar-refractivity contribution in [3.05, 3.63) is 52.6 Å². The Balaban J connectivity index is 1.42. The molecular formula is C24H30N2O3S. The lowest BCUT2D eigenvalue weighted by Gasteiger charge is -2.40. The minimum Gasteiger partial charge on any atom is -0.507 e. The number of phenols is 1. The van der Waals surface area contributed by atoms with Crippen molar-refractivity contribution in [2.75, 3.05) is 31.1 Å². The molecule has 2 aliphatic rings. The summed E-state index contributed by atoms with van der Waals surface area (Å²) in [5, 5.41) is 10.4. The molecule has 2 heterocycles. The fourth-order valence-corrected chi connectivity index (χ4v) is 5.34. The summed E-state index contributed by atoms with van der Waals surface area (Å²) in [4.78, 5) is 16.7. The summed E-state index contributed by atoms with van der Waals surface area (Å²) in [5.41, 5.74) is 4.98. The lowest BCUT2D eigenvalue weighted by Crippen LogP contribution is -2.49. The van der Waals surface area contributed by atoms with E-state index in [-0.39, 0.29) is 5.24 Å². The predicted octanol–water partition coefficient (Wildman–Crippen LogP) is 5.03. The number of fused-ring (bicyclic) bond motifs is 1. The first-order valence-corrected chi connectivity index (χ1v) is 11.4. The maximum absolute atomic E-state index is 13.0. The molecule has 0 spiro atoms. The summed E-state index contributed by atoms with van der Waals surface area (Å²) in [6.45, 7) is 11.0. The van der Waals surface area contributed by atoms with E-state index in [9.17, 15) is 9.90 Å². The Morgan fingerprint density at radius 1 is 1.03 bits per heavy atom. The van der Waals surface area contributed by atoms with Crippen LogP contribution in [-0.4, -0.2) is 46.4 Å². The summed E-state index contributed by atoms with van der Waals surface area (Å²) in [6, 6.07) is 10.4. The minimum atomic E-state index is -0.596. The zero-order chi connectivity index (χ0) is 21.5. The summed E-state index contributed by atoms with van der Waals surface area (Å²) >= 11 is 1.30. The number of para-hydroxylation sites is 1. The fourth-order valence-electron chi connectivity index (χ4n) is 4.33. The molecule has 1 saturated heterocycles. The Hall–Kier alpha value is -2.34. The van der Waals surface area contributed by atoms with Gasteiger partial charge in [-0.15, -0.1) is 0 Å². The van der Waals surface area contributed by atoms with E-state index < -0.39 is 4.93 Å². The van der Waals surface area contributed by atoms with Crippen molar-refractivity contribution < 1.29 is 14.6 Å². The first-order chi connectivity index (χ1) is 14.3. The lowest BCUT2D eigenvalue weighted by molar-refractivity contribution is 0.154. The number of thioether (sulfide) groups is 1. The van der Waals surface area contributed by atoms with Crippen molar-refractivity contribution >= 4 is 22.7 Å². The number of hydrogen-bond donors (Lipinski definition) is 1. The van der Waals surface area contributed by atoms with Crippen molar-refractivity contribution in [3.8, 4) is 11.5 Å². The number of benzene rings is 2. The number of aromatic hydroxyl groups is 1. The van der Waals surface area contributed by atoms with Gasteiger partial charge in [-0.05, 0) is 74.7 Å². The van der Waals surface area contributed by atoms with E-state index in [1.807, 2.05) is 50.8 Å². The molecule has 30 heavy (non-hydrogen) atoms. The SMILES string of the molecule is Cc1c(C)c2c(c(C)c1O)CCC(C)(SC(=O)N1CCN(c3ccccc3)CC1)O2. The van der Waals surface area contributed by atoms with Gasteiger partial charge >= 0.3 is 0 Å². The molecule has 1 N–H and O–H groups in total. The average molecular weight is 427 g/mol. The highest BCUT2D eigenvalue weighted by Gasteiger charge is 2.38. The second-order valence-electron chi connectivity index (χ2n) is 8.44. The highest BCUT2D eigenvalue weighted by Crippen LogP contribution is 2.46. The van der Waals surface area contributed by atoms with Crippen LogP contribution in [0.15, 0.2) is 30.3 Å². The van der Waals surface area contributed by atoms with Crippen LogP contribution in [0.1, 0.15) is 35.6 Å². The highest BCUT2D eigenvalue weighted by molar-refractivity contribution is 8.14. The second kappa shape index (κ2) is 8.06. The normalized spacial score (nSPS) is 21.2. The first kappa shape index (κ1) is 20.9. The van der Waals surface area contributed by atoms with Gasteiger partial charge in [-0.1, -0.05) is 18.2 Å². The van der Waals surface area contributed by atoms with Gasteiger partial charge in [0.1, 0.15) is 11.5 Å². The summed E-state index contributed by atoms with van der Waals surface area (Å²) < 4.78 is 6.41. The quantitative estimate of drug-likeness (QED) is 0.730. The van der Waals surface area contributed by atoms with E-state index in [2.05, 4.69) is 17.0 Å². The van der Waals surface area contributed by atoms with Gasteiger partial charge in [-0.3, -0.25) is 4.79 Å². The number of anilines is 1. The molecule has 0 bridgehead atoms. The molecule has 0 aromatic heterocycles. The number of nitrogens with zero attached hydrogens (tertiary/aromatic N) is 2. The van der Waals surface area contributed by atoms with Crippen molar-refractivity contribution in [2.24, 2.45) is 0 Å². The first-order valence-electron chi connectivity index (χ1n) is 10.6. The zero-order valence-corrected chi connectivity index (χ0v) is 19.0. The minimum absolute atomic E-state index is 0.0820. The number of hydrogen-bond acceptors (Lipinski definition) is 5. The molecule has 160 valence electrons. The van der Waals surface area contributed by atoms with E-state index in [0.717, 1.165) is 67.0 Å². The standard InChI is InChI=1S/C24H30N2O3S/c1-16-17(2)22-20(18(3)21(16)27)10-11-24(4,29-22)30-23(28)26-14-12-25(13-15-26)19-8-6-5-7-9-19/h5-9,27H,10-15H2,1-4H3. The van der Waals surface area contributed by atoms with E-state index in [4.69, 9.17) is 4.74 Å². The largest absolute Gasteiger partial charge is 0.507 e. The van der Waals surface area contributed by atoms with E-state index in [0.29, 0.717) is 5.75 Å². The molecule has 2 aliphatic heterocycles. The van der Waals surface area contributed by atoms with Crippen molar-refractivity contribution in [1.29, 1.82) is 0 Å². The van der Waals surface area contributed by atoms with Gasteiger partial charge in [-0.25, -0.2) is 0 Å². The van der Waals surface area contributed by atoms with Crippen LogP contribution in [0.25, 0.3) is 0 Å². The maximum Gasteiger partial charge on any atom is 0.285 e. The van der Waals surface area contributed by atoms with Crippen LogP contribution in [-0.2, 0) is 6.42 Å². The molecule has 1 fully saturated rings. The molecule has 0 saturated carbocycles. The Labute approximate surface area is 183 Å². The summed E-state index contributed by atoms with van der Waals surface area (Å²) in [6.07, 6.45) is 1.54. The maximum atomic E-state index is 13.0. The topological polar surface area (TPSA) is 53.0 Å². The van der Waals surface area contributed by atoms with Crippen LogP contribution in [0.5, 0.6) is 11.5 Å². The second-order valence-corrected chi connectivity index (χ2v) is 9.86. The number of rotatable bonds is 2. The third kappa shape index (κ3) is 3.85. The van der Waals surface area contributed by atoms with Crippen LogP contribution in [0.3, 0.4) is 0 Å². The Morgan fingerprint density at radius 2 is 1.70 bits per heavy atom. The summed E-state index contributed by atoms with van der Waals surface area (Å²) in [5.74, 6) is 1.20. The van der Waals surface area contributed by atoms with Crippen molar-refractivity contribution in [2.45, 2.75) is 45.5 Å². The lowest BCUT2D eigenvalue weighted by atomic mass is 9.92. The highest BCUT2D eigenvalue weighted by atomic mass is 32.2. The molecule has 1 unspecified atom stereocenters. The predicted molar refractivity (Wildman–Crippen MR) is 123 cm³/mol. The van der Waals surface area contributed by atoms with Crippen molar-refractivity contribution in [3.63, 3.8) is 0 Å². The molecule has 6 heteroatoms. The van der Waals surface area contributed by atoms with Crippen LogP contribution >= 0.6 is 11.8 Å². The van der Waals surface area contributed by atoms with Gasteiger partial charge < -0.3 is 19.6 Å². The van der Waals surface area contributed by atoms with E-state index in [1.54, 1.807) is 0 Å². The molecule has 2 aromatic rings. The Morgan fingerprint density at radius 3 is 2.37 bits per heavy atom. The molecule has 5 nitrogen and oxygen atoms in total. The Bertz CT molecular complexity index is 955. The third-order valence-corrected chi connectivity index (χ3v) is 7.60. The van der Waals surface area contributed by atoms with E-state index in [1.165, 1.54) is 17.4 Å². The van der Waals surface area contributed by atoms with Gasteiger partial charge in [0.15, 0.2) is 4.93 Å². The molecule has 0 radical (unpaired) electrons. The molecular weight excluding hydrogens is 396 g/mol. The summed E-state index contributed by atoms with van der Waals surface area (Å²) in [7, 11) is 0.